The number of hydrogen-bond acceptors (Lipinski definition) is 5. The summed E-state index contributed by atoms with van der Waals surface area (Å²) < 4.78 is 7.49. The first-order valence-corrected chi connectivity index (χ1v) is 8.48. The minimum atomic E-state index is 0. The number of hydrogen-bond donors (Lipinski definition) is 3. The van der Waals surface area contributed by atoms with Crippen LogP contribution in [0.5, 0.6) is 5.75 Å². The molecule has 0 atom stereocenters. The maximum absolute atomic E-state index is 11.4. The SMILES string of the molecule is CN=C(NCCOc1ccc2c(c1)CCC(=O)N2)NCc1ncnn1C.I. The van der Waals surface area contributed by atoms with E-state index in [0.29, 0.717) is 32.1 Å². The van der Waals surface area contributed by atoms with Crippen molar-refractivity contribution in [2.24, 2.45) is 12.0 Å². The number of aliphatic imine (C=N–C) groups is 1. The van der Waals surface area contributed by atoms with Crippen LogP contribution in [0.3, 0.4) is 0 Å². The van der Waals surface area contributed by atoms with Gasteiger partial charge in [-0.2, -0.15) is 5.10 Å². The number of ether oxygens (including phenoxy) is 1. The van der Waals surface area contributed by atoms with Crippen molar-refractivity contribution in [1.82, 2.24) is 25.4 Å². The van der Waals surface area contributed by atoms with Gasteiger partial charge in [-0.15, -0.1) is 24.0 Å². The van der Waals surface area contributed by atoms with Crippen LogP contribution in [0.25, 0.3) is 0 Å². The van der Waals surface area contributed by atoms with E-state index < -0.39 is 0 Å². The van der Waals surface area contributed by atoms with Crippen LogP contribution in [0, 0.1) is 0 Å². The Morgan fingerprint density at radius 1 is 1.37 bits per heavy atom. The van der Waals surface area contributed by atoms with Gasteiger partial charge in [-0.3, -0.25) is 14.5 Å². The predicted molar refractivity (Wildman–Crippen MR) is 114 cm³/mol. The Hall–Kier alpha value is -2.37. The molecule has 9 nitrogen and oxygen atoms in total. The van der Waals surface area contributed by atoms with Gasteiger partial charge in [0.05, 0.1) is 13.1 Å². The number of guanidine groups is 1. The van der Waals surface area contributed by atoms with E-state index in [0.717, 1.165) is 29.2 Å². The number of rotatable bonds is 6. The Kier molecular flexibility index (Phi) is 7.82. The Morgan fingerprint density at radius 2 is 2.22 bits per heavy atom. The minimum absolute atomic E-state index is 0. The van der Waals surface area contributed by atoms with Gasteiger partial charge in [-0.25, -0.2) is 4.98 Å². The Morgan fingerprint density at radius 3 is 2.96 bits per heavy atom. The molecule has 3 N–H and O–H groups in total. The van der Waals surface area contributed by atoms with Crippen molar-refractivity contribution in [3.63, 3.8) is 0 Å². The van der Waals surface area contributed by atoms with Crippen LogP contribution in [0.1, 0.15) is 17.8 Å². The van der Waals surface area contributed by atoms with E-state index in [1.54, 1.807) is 11.7 Å². The summed E-state index contributed by atoms with van der Waals surface area (Å²) in [6, 6.07) is 5.73. The molecule has 10 heteroatoms. The van der Waals surface area contributed by atoms with Gasteiger partial charge in [0, 0.05) is 26.2 Å². The van der Waals surface area contributed by atoms with Gasteiger partial charge < -0.3 is 20.7 Å². The number of amides is 1. The van der Waals surface area contributed by atoms with Gasteiger partial charge in [-0.05, 0) is 30.2 Å². The van der Waals surface area contributed by atoms with E-state index in [-0.39, 0.29) is 29.9 Å². The monoisotopic (exact) mass is 485 g/mol. The number of fused-ring (bicyclic) bond motifs is 1. The Balaban J connectivity index is 0.00000261. The molecular formula is C17H24IN7O2. The second-order valence-corrected chi connectivity index (χ2v) is 5.87. The van der Waals surface area contributed by atoms with Crippen LogP contribution in [-0.2, 0) is 24.8 Å². The zero-order valence-electron chi connectivity index (χ0n) is 15.4. The standard InChI is InChI=1S/C17H23N7O2.HI/c1-18-17(20-10-15-21-11-22-24(15)2)19-7-8-26-13-4-5-14-12(9-13)3-6-16(25)23-14;/h4-5,9,11H,3,6-8,10H2,1-2H3,(H,23,25)(H2,18,19,20);1H. The Bertz CT molecular complexity index is 806. The molecule has 2 heterocycles. The molecule has 1 aliphatic heterocycles. The zero-order valence-corrected chi connectivity index (χ0v) is 17.7. The number of aromatic nitrogens is 3. The summed E-state index contributed by atoms with van der Waals surface area (Å²) in [5.74, 6) is 2.36. The smallest absolute Gasteiger partial charge is 0.224 e. The van der Waals surface area contributed by atoms with Crippen LogP contribution in [0.15, 0.2) is 29.5 Å². The van der Waals surface area contributed by atoms with Crippen LogP contribution < -0.4 is 20.7 Å². The molecule has 0 aliphatic carbocycles. The molecule has 0 unspecified atom stereocenters. The Labute approximate surface area is 175 Å². The van der Waals surface area contributed by atoms with Crippen molar-refractivity contribution in [3.8, 4) is 5.75 Å². The number of carbonyl (C=O) groups is 1. The van der Waals surface area contributed by atoms with E-state index in [4.69, 9.17) is 4.74 Å². The minimum Gasteiger partial charge on any atom is -0.492 e. The molecule has 0 saturated heterocycles. The average molecular weight is 485 g/mol. The van der Waals surface area contributed by atoms with E-state index in [2.05, 4.69) is 31.0 Å². The van der Waals surface area contributed by atoms with Crippen LogP contribution >= 0.6 is 24.0 Å². The van der Waals surface area contributed by atoms with Crippen LogP contribution in [0.4, 0.5) is 5.69 Å². The summed E-state index contributed by atoms with van der Waals surface area (Å²) in [7, 11) is 3.56. The second kappa shape index (κ2) is 10.1. The fraction of sp³-hybridized carbons (Fsp3) is 0.412. The number of anilines is 1. The lowest BCUT2D eigenvalue weighted by Crippen LogP contribution is -2.39. The molecular weight excluding hydrogens is 461 g/mol. The predicted octanol–water partition coefficient (Wildman–Crippen LogP) is 1.06. The molecule has 0 saturated carbocycles. The van der Waals surface area contributed by atoms with Gasteiger partial charge in [0.2, 0.25) is 5.91 Å². The lowest BCUT2D eigenvalue weighted by Gasteiger charge is -2.18. The molecule has 27 heavy (non-hydrogen) atoms. The third-order valence-corrected chi connectivity index (χ3v) is 4.08. The van der Waals surface area contributed by atoms with Gasteiger partial charge in [0.25, 0.3) is 0 Å². The van der Waals surface area contributed by atoms with Crippen molar-refractivity contribution >= 4 is 41.5 Å². The molecule has 1 aromatic heterocycles. The van der Waals surface area contributed by atoms with Crippen molar-refractivity contribution in [3.05, 3.63) is 35.9 Å². The highest BCUT2D eigenvalue weighted by Crippen LogP contribution is 2.26. The fourth-order valence-corrected chi connectivity index (χ4v) is 2.65. The summed E-state index contributed by atoms with van der Waals surface area (Å²) in [5.41, 5.74) is 1.98. The molecule has 2 aromatic rings. The molecule has 1 aliphatic rings. The van der Waals surface area contributed by atoms with E-state index in [1.165, 1.54) is 6.33 Å². The van der Waals surface area contributed by atoms with E-state index in [1.807, 2.05) is 25.2 Å². The molecule has 0 bridgehead atoms. The number of nitrogens with one attached hydrogen (secondary N) is 3. The number of carbonyl (C=O) groups excluding carboxylic acids is 1. The van der Waals surface area contributed by atoms with Crippen molar-refractivity contribution in [2.75, 3.05) is 25.5 Å². The molecule has 0 radical (unpaired) electrons. The van der Waals surface area contributed by atoms with E-state index in [9.17, 15) is 4.79 Å². The van der Waals surface area contributed by atoms with Crippen molar-refractivity contribution in [2.45, 2.75) is 19.4 Å². The summed E-state index contributed by atoms with van der Waals surface area (Å²) >= 11 is 0. The molecule has 1 amide bonds. The molecule has 0 spiro atoms. The summed E-state index contributed by atoms with van der Waals surface area (Å²) in [4.78, 5) is 19.7. The van der Waals surface area contributed by atoms with Crippen LogP contribution in [0.2, 0.25) is 0 Å². The molecule has 146 valence electrons. The third kappa shape index (κ3) is 5.81. The number of aryl methyl sites for hydroxylation is 2. The number of halogens is 1. The first-order chi connectivity index (χ1) is 12.7. The maximum Gasteiger partial charge on any atom is 0.224 e. The first kappa shape index (κ1) is 20.9. The molecule has 0 fully saturated rings. The molecule has 3 rings (SSSR count). The highest BCUT2D eigenvalue weighted by molar-refractivity contribution is 14.0. The average Bonchev–Trinajstić information content (AvgIpc) is 3.06. The van der Waals surface area contributed by atoms with Gasteiger partial charge in [0.1, 0.15) is 24.5 Å². The van der Waals surface area contributed by atoms with Gasteiger partial charge >= 0.3 is 0 Å². The van der Waals surface area contributed by atoms with E-state index >= 15 is 0 Å². The van der Waals surface area contributed by atoms with Gasteiger partial charge in [-0.1, -0.05) is 0 Å². The lowest BCUT2D eigenvalue weighted by molar-refractivity contribution is -0.116. The highest BCUT2D eigenvalue weighted by Gasteiger charge is 2.14. The highest BCUT2D eigenvalue weighted by atomic mass is 127. The van der Waals surface area contributed by atoms with Crippen molar-refractivity contribution in [1.29, 1.82) is 0 Å². The quantitative estimate of drug-likeness (QED) is 0.245. The fourth-order valence-electron chi connectivity index (χ4n) is 2.65. The van der Waals surface area contributed by atoms with Crippen LogP contribution in [-0.4, -0.2) is 46.8 Å². The van der Waals surface area contributed by atoms with Gasteiger partial charge in [0.15, 0.2) is 5.96 Å². The lowest BCUT2D eigenvalue weighted by atomic mass is 10.0. The topological polar surface area (TPSA) is 105 Å². The summed E-state index contributed by atoms with van der Waals surface area (Å²) in [5, 5.41) is 13.3. The van der Waals surface area contributed by atoms with Crippen molar-refractivity contribution < 1.29 is 9.53 Å². The second-order valence-electron chi connectivity index (χ2n) is 5.87. The normalized spacial score (nSPS) is 13.3. The first-order valence-electron chi connectivity index (χ1n) is 8.48. The number of nitrogens with zero attached hydrogens (tertiary/aromatic N) is 4. The zero-order chi connectivity index (χ0) is 18.4. The molecule has 1 aromatic carbocycles. The summed E-state index contributed by atoms with van der Waals surface area (Å²) in [6.45, 7) is 1.63. The number of benzene rings is 1. The maximum atomic E-state index is 11.4. The summed E-state index contributed by atoms with van der Waals surface area (Å²) in [6.07, 6.45) is 2.78. The third-order valence-electron chi connectivity index (χ3n) is 4.08. The largest absolute Gasteiger partial charge is 0.492 e.